The Balaban J connectivity index is 1.35. The Morgan fingerprint density at radius 3 is 2.83 bits per heavy atom. The van der Waals surface area contributed by atoms with E-state index in [1.165, 1.54) is 24.6 Å². The second kappa shape index (κ2) is 7.18. The zero-order valence-electron chi connectivity index (χ0n) is 16.6. The lowest BCUT2D eigenvalue weighted by Crippen LogP contribution is -2.48. The summed E-state index contributed by atoms with van der Waals surface area (Å²) in [5.41, 5.74) is 7.70. The van der Waals surface area contributed by atoms with Gasteiger partial charge in [0, 0.05) is 43.5 Å². The van der Waals surface area contributed by atoms with Crippen LogP contribution in [0.5, 0.6) is 0 Å². The van der Waals surface area contributed by atoms with Crippen LogP contribution in [0.3, 0.4) is 0 Å². The Morgan fingerprint density at radius 2 is 2.07 bits per heavy atom. The number of hydrogen-bond donors (Lipinski definition) is 1. The Labute approximate surface area is 173 Å². The Hall–Kier alpha value is -2.32. The van der Waals surface area contributed by atoms with Gasteiger partial charge in [0.1, 0.15) is 0 Å². The third kappa shape index (κ3) is 3.24. The Morgan fingerprint density at radius 1 is 1.24 bits per heavy atom. The fourth-order valence-electron chi connectivity index (χ4n) is 4.91. The van der Waals surface area contributed by atoms with Crippen LogP contribution in [0.15, 0.2) is 51.4 Å². The third-order valence-electron chi connectivity index (χ3n) is 6.73. The molecule has 7 nitrogen and oxygen atoms in total. The van der Waals surface area contributed by atoms with E-state index in [2.05, 4.69) is 15.0 Å². The van der Waals surface area contributed by atoms with Crippen molar-refractivity contribution in [2.75, 3.05) is 18.0 Å². The van der Waals surface area contributed by atoms with Crippen LogP contribution < -0.4 is 16.2 Å². The van der Waals surface area contributed by atoms with Crippen molar-refractivity contribution in [3.63, 3.8) is 0 Å². The summed E-state index contributed by atoms with van der Waals surface area (Å²) in [6.07, 6.45) is 11.2. The second-order valence-corrected chi connectivity index (χ2v) is 9.42. The molecule has 4 heterocycles. The van der Waals surface area contributed by atoms with Crippen LogP contribution in [0.4, 0.5) is 5.95 Å². The highest BCUT2D eigenvalue weighted by Gasteiger charge is 2.43. The largest absolute Gasteiger partial charge is 0.342 e. The molecule has 0 aromatic carbocycles. The Kier molecular flexibility index (Phi) is 4.63. The van der Waals surface area contributed by atoms with Crippen LogP contribution in [0.25, 0.3) is 5.52 Å². The third-order valence-corrected chi connectivity index (χ3v) is 7.72. The molecule has 1 aliphatic heterocycles. The average Bonchev–Trinajstić information content (AvgIpc) is 3.33. The normalized spacial score (nSPS) is 21.3. The van der Waals surface area contributed by atoms with Gasteiger partial charge in [-0.15, -0.1) is 0 Å². The average molecular weight is 411 g/mol. The molecular formula is C21H26N6OS. The van der Waals surface area contributed by atoms with Crippen molar-refractivity contribution in [2.45, 2.75) is 47.9 Å². The number of piperidine rings is 1. The van der Waals surface area contributed by atoms with Gasteiger partial charge in [-0.25, -0.2) is 9.50 Å². The van der Waals surface area contributed by atoms with Crippen molar-refractivity contribution >= 4 is 23.2 Å². The fraction of sp³-hybridized carbons (Fsp3) is 0.476. The number of nitrogens with two attached hydrogens (primary N) is 1. The lowest BCUT2D eigenvalue weighted by Gasteiger charge is -2.42. The van der Waals surface area contributed by atoms with Gasteiger partial charge in [0.05, 0.1) is 16.6 Å². The highest BCUT2D eigenvalue weighted by molar-refractivity contribution is 7.99. The lowest BCUT2D eigenvalue weighted by molar-refractivity contribution is 0.196. The van der Waals surface area contributed by atoms with Crippen LogP contribution in [0.1, 0.15) is 32.1 Å². The van der Waals surface area contributed by atoms with Crippen molar-refractivity contribution in [1.82, 2.24) is 19.2 Å². The van der Waals surface area contributed by atoms with Crippen molar-refractivity contribution < 1.29 is 0 Å². The van der Waals surface area contributed by atoms with Crippen molar-refractivity contribution in [2.24, 2.45) is 18.2 Å². The van der Waals surface area contributed by atoms with E-state index in [0.29, 0.717) is 16.4 Å². The zero-order valence-corrected chi connectivity index (χ0v) is 17.4. The first-order valence-electron chi connectivity index (χ1n) is 10.2. The number of aromatic nitrogens is 4. The molecule has 2 aliphatic rings. The molecule has 1 spiro atoms. The highest BCUT2D eigenvalue weighted by atomic mass is 32.2. The minimum absolute atomic E-state index is 0.00812. The van der Waals surface area contributed by atoms with Gasteiger partial charge < -0.3 is 10.6 Å². The number of rotatable bonds is 3. The molecule has 0 radical (unpaired) electrons. The first kappa shape index (κ1) is 18.7. The summed E-state index contributed by atoms with van der Waals surface area (Å²) < 4.78 is 3.50. The maximum Gasteiger partial charge on any atom is 0.268 e. The van der Waals surface area contributed by atoms with E-state index < -0.39 is 0 Å². The van der Waals surface area contributed by atoms with Gasteiger partial charge >= 0.3 is 0 Å². The molecule has 0 bridgehead atoms. The number of anilines is 1. The predicted octanol–water partition coefficient (Wildman–Crippen LogP) is 2.68. The molecule has 1 saturated heterocycles. The first-order valence-corrected chi connectivity index (χ1v) is 11.1. The van der Waals surface area contributed by atoms with E-state index in [4.69, 9.17) is 5.73 Å². The summed E-state index contributed by atoms with van der Waals surface area (Å²) in [5, 5.41) is 4.21. The number of pyridine rings is 1. The quantitative estimate of drug-likeness (QED) is 0.715. The van der Waals surface area contributed by atoms with Gasteiger partial charge in [0.2, 0.25) is 5.95 Å². The maximum absolute atomic E-state index is 13.0. The fourth-order valence-corrected chi connectivity index (χ4v) is 5.80. The van der Waals surface area contributed by atoms with Gasteiger partial charge in [-0.3, -0.25) is 9.36 Å². The maximum atomic E-state index is 13.0. The molecule has 1 saturated carbocycles. The molecule has 152 valence electrons. The number of hydrogen-bond acceptors (Lipinski definition) is 6. The Bertz CT molecular complexity index is 1100. The molecule has 5 rings (SSSR count). The first-order chi connectivity index (χ1) is 14.1. The summed E-state index contributed by atoms with van der Waals surface area (Å²) in [7, 11) is 1.82. The summed E-state index contributed by atoms with van der Waals surface area (Å²) in [4.78, 5) is 21.5. The molecule has 8 heteroatoms. The molecule has 0 amide bonds. The van der Waals surface area contributed by atoms with Crippen LogP contribution in [0.2, 0.25) is 0 Å². The summed E-state index contributed by atoms with van der Waals surface area (Å²) in [6, 6.07) is 6.27. The zero-order chi connectivity index (χ0) is 20.0. The molecule has 3 aromatic heterocycles. The molecule has 1 aliphatic carbocycles. The monoisotopic (exact) mass is 410 g/mol. The number of nitrogens with zero attached hydrogens (tertiary/aromatic N) is 5. The molecule has 3 aromatic rings. The summed E-state index contributed by atoms with van der Waals surface area (Å²) >= 11 is 1.45. The summed E-state index contributed by atoms with van der Waals surface area (Å²) in [6.45, 7) is 1.83. The van der Waals surface area contributed by atoms with E-state index in [1.807, 2.05) is 36.0 Å². The van der Waals surface area contributed by atoms with Crippen LogP contribution in [0, 0.1) is 5.41 Å². The standard InChI is InChI=1S/C21H26N6OS/c1-25-19(28)17(29-16-5-10-27-15(13-16)4-9-24-27)14-23-20(25)26-11-7-21(8-12-26)6-2-3-18(21)22/h4-5,9-10,13-14,18H,2-3,6-8,11-12,22H2,1H3/t18-/m1/s1. The smallest absolute Gasteiger partial charge is 0.268 e. The molecule has 29 heavy (non-hydrogen) atoms. The van der Waals surface area contributed by atoms with Crippen molar-refractivity contribution in [1.29, 1.82) is 0 Å². The molecule has 1 atom stereocenters. The summed E-state index contributed by atoms with van der Waals surface area (Å²) in [5.74, 6) is 0.756. The molecular weight excluding hydrogens is 384 g/mol. The lowest BCUT2D eigenvalue weighted by atomic mass is 9.74. The van der Waals surface area contributed by atoms with Crippen molar-refractivity contribution in [3.8, 4) is 0 Å². The minimum Gasteiger partial charge on any atom is -0.342 e. The van der Waals surface area contributed by atoms with Crippen molar-refractivity contribution in [3.05, 3.63) is 47.1 Å². The van der Waals surface area contributed by atoms with Crippen LogP contribution >= 0.6 is 11.8 Å². The van der Waals surface area contributed by atoms with E-state index in [0.717, 1.165) is 48.7 Å². The van der Waals surface area contributed by atoms with Gasteiger partial charge in [0.15, 0.2) is 0 Å². The highest BCUT2D eigenvalue weighted by Crippen LogP contribution is 2.45. The van der Waals surface area contributed by atoms with E-state index in [1.54, 1.807) is 17.0 Å². The SMILES string of the molecule is Cn1c(N2CCC3(CCC[C@H]3N)CC2)ncc(Sc2ccn3nccc3c2)c1=O. The van der Waals surface area contributed by atoms with Gasteiger partial charge in [-0.2, -0.15) is 5.10 Å². The predicted molar refractivity (Wildman–Crippen MR) is 114 cm³/mol. The molecule has 2 fully saturated rings. The topological polar surface area (TPSA) is 81.4 Å². The van der Waals surface area contributed by atoms with Gasteiger partial charge in [0.25, 0.3) is 5.56 Å². The van der Waals surface area contributed by atoms with E-state index in [9.17, 15) is 4.79 Å². The van der Waals surface area contributed by atoms with Gasteiger partial charge in [-0.1, -0.05) is 18.2 Å². The van der Waals surface area contributed by atoms with Gasteiger partial charge in [-0.05, 0) is 49.3 Å². The van der Waals surface area contributed by atoms with E-state index in [-0.39, 0.29) is 5.56 Å². The number of fused-ring (bicyclic) bond motifs is 1. The molecule has 0 unspecified atom stereocenters. The van der Waals surface area contributed by atoms with E-state index >= 15 is 0 Å². The van der Waals surface area contributed by atoms with Crippen LogP contribution in [-0.2, 0) is 7.05 Å². The second-order valence-electron chi connectivity index (χ2n) is 8.30. The molecule has 2 N–H and O–H groups in total. The minimum atomic E-state index is -0.00812. The van der Waals surface area contributed by atoms with Crippen LogP contribution in [-0.4, -0.2) is 38.3 Å².